The molecule has 0 aliphatic heterocycles. The van der Waals surface area contributed by atoms with E-state index >= 15 is 0 Å². The molecule has 0 saturated heterocycles. The molecule has 0 bridgehead atoms. The van der Waals surface area contributed by atoms with Crippen molar-refractivity contribution in [2.45, 2.75) is 64.1 Å². The second kappa shape index (κ2) is 6.86. The van der Waals surface area contributed by atoms with E-state index in [-0.39, 0.29) is 12.0 Å². The van der Waals surface area contributed by atoms with Gasteiger partial charge in [0.25, 0.3) is 0 Å². The molecular formula is C16H29F3N2. The van der Waals surface area contributed by atoms with Crippen LogP contribution >= 0.6 is 0 Å². The Labute approximate surface area is 126 Å². The lowest BCUT2D eigenvalue weighted by Gasteiger charge is -2.42. The first-order valence-corrected chi connectivity index (χ1v) is 8.27. The van der Waals surface area contributed by atoms with E-state index < -0.39 is 12.6 Å². The van der Waals surface area contributed by atoms with Crippen LogP contribution in [0.4, 0.5) is 13.2 Å². The molecule has 0 radical (unpaired) electrons. The van der Waals surface area contributed by atoms with Crippen LogP contribution in [0.2, 0.25) is 0 Å². The van der Waals surface area contributed by atoms with E-state index in [1.54, 1.807) is 0 Å². The maximum absolute atomic E-state index is 12.4. The second-order valence-electron chi connectivity index (χ2n) is 7.44. The van der Waals surface area contributed by atoms with Crippen molar-refractivity contribution >= 4 is 0 Å². The topological polar surface area (TPSA) is 15.3 Å². The number of hydrogen-bond donors (Lipinski definition) is 1. The van der Waals surface area contributed by atoms with Gasteiger partial charge < -0.3 is 10.2 Å². The predicted octanol–water partition coefficient (Wildman–Crippen LogP) is 3.82. The van der Waals surface area contributed by atoms with Crippen LogP contribution in [-0.4, -0.2) is 43.8 Å². The number of rotatable bonds is 7. The summed E-state index contributed by atoms with van der Waals surface area (Å²) in [5, 5.41) is 3.61. The summed E-state index contributed by atoms with van der Waals surface area (Å²) in [6, 6.07) is 0.668. The first-order valence-electron chi connectivity index (χ1n) is 8.27. The van der Waals surface area contributed by atoms with Gasteiger partial charge in [0.05, 0.1) is 6.42 Å². The normalized spacial score (nSPS) is 30.9. The molecule has 2 aliphatic rings. The fourth-order valence-corrected chi connectivity index (χ4v) is 3.38. The summed E-state index contributed by atoms with van der Waals surface area (Å²) in [6.07, 6.45) is 2.47. The molecule has 2 nitrogen and oxygen atoms in total. The van der Waals surface area contributed by atoms with Crippen molar-refractivity contribution in [1.29, 1.82) is 0 Å². The van der Waals surface area contributed by atoms with Crippen molar-refractivity contribution in [2.75, 3.05) is 26.7 Å². The van der Waals surface area contributed by atoms with E-state index in [1.807, 2.05) is 11.9 Å². The van der Waals surface area contributed by atoms with Crippen molar-refractivity contribution in [3.8, 4) is 0 Å². The van der Waals surface area contributed by atoms with Crippen LogP contribution in [0.15, 0.2) is 0 Å². The van der Waals surface area contributed by atoms with Crippen LogP contribution in [0.3, 0.4) is 0 Å². The molecule has 2 fully saturated rings. The van der Waals surface area contributed by atoms with Crippen LogP contribution in [0.25, 0.3) is 0 Å². The fourth-order valence-electron chi connectivity index (χ4n) is 3.38. The first-order chi connectivity index (χ1) is 9.78. The Balaban J connectivity index is 1.85. The summed E-state index contributed by atoms with van der Waals surface area (Å²) in [5.74, 6) is 0.763. The van der Waals surface area contributed by atoms with Gasteiger partial charge in [0.1, 0.15) is 0 Å². The Hall–Kier alpha value is -0.290. The van der Waals surface area contributed by atoms with E-state index in [0.29, 0.717) is 6.04 Å². The summed E-state index contributed by atoms with van der Waals surface area (Å²) in [5.41, 5.74) is 0.176. The molecule has 124 valence electrons. The van der Waals surface area contributed by atoms with E-state index in [9.17, 15) is 13.2 Å². The number of halogens is 3. The molecule has 0 aromatic rings. The quantitative estimate of drug-likeness (QED) is 0.769. The van der Waals surface area contributed by atoms with Crippen LogP contribution in [0.1, 0.15) is 51.9 Å². The Kier molecular flexibility index (Phi) is 5.58. The molecule has 2 saturated carbocycles. The van der Waals surface area contributed by atoms with Gasteiger partial charge in [-0.15, -0.1) is 0 Å². The van der Waals surface area contributed by atoms with Gasteiger partial charge in [0.15, 0.2) is 0 Å². The molecule has 0 spiro atoms. The first kappa shape index (κ1) is 17.1. The third-order valence-electron chi connectivity index (χ3n) is 5.06. The van der Waals surface area contributed by atoms with Crippen molar-refractivity contribution in [3.63, 3.8) is 0 Å². The maximum Gasteiger partial charge on any atom is 0.390 e. The van der Waals surface area contributed by atoms with Crippen LogP contribution < -0.4 is 5.32 Å². The Morgan fingerprint density at radius 1 is 1.14 bits per heavy atom. The molecule has 0 atom stereocenters. The lowest BCUT2D eigenvalue weighted by molar-refractivity contribution is -0.138. The minimum absolute atomic E-state index is 0.115. The molecule has 2 aliphatic carbocycles. The second-order valence-corrected chi connectivity index (χ2v) is 7.44. The number of hydrogen-bond acceptors (Lipinski definition) is 2. The van der Waals surface area contributed by atoms with E-state index in [4.69, 9.17) is 0 Å². The summed E-state index contributed by atoms with van der Waals surface area (Å²) >= 11 is 0. The van der Waals surface area contributed by atoms with Gasteiger partial charge in [-0.25, -0.2) is 0 Å². The Morgan fingerprint density at radius 3 is 2.29 bits per heavy atom. The lowest BCUT2D eigenvalue weighted by Crippen LogP contribution is -2.46. The zero-order valence-corrected chi connectivity index (χ0v) is 13.3. The average Bonchev–Trinajstić information content (AvgIpc) is 3.21. The smallest absolute Gasteiger partial charge is 0.313 e. The minimum atomic E-state index is -4.05. The maximum atomic E-state index is 12.4. The van der Waals surface area contributed by atoms with Gasteiger partial charge in [0, 0.05) is 25.7 Å². The molecule has 0 aromatic heterocycles. The van der Waals surface area contributed by atoms with Crippen LogP contribution in [0.5, 0.6) is 0 Å². The number of nitrogens with one attached hydrogen (secondary N) is 1. The van der Waals surface area contributed by atoms with Gasteiger partial charge in [-0.1, -0.05) is 19.8 Å². The highest BCUT2D eigenvalue weighted by Crippen LogP contribution is 2.39. The van der Waals surface area contributed by atoms with Gasteiger partial charge in [-0.2, -0.15) is 13.2 Å². The minimum Gasteiger partial charge on any atom is -0.313 e. The molecule has 5 heteroatoms. The molecule has 1 N–H and O–H groups in total. The summed E-state index contributed by atoms with van der Waals surface area (Å²) in [6.45, 7) is 4.16. The van der Waals surface area contributed by atoms with E-state index in [2.05, 4.69) is 12.2 Å². The van der Waals surface area contributed by atoms with Gasteiger partial charge in [-0.3, -0.25) is 0 Å². The van der Waals surface area contributed by atoms with Crippen LogP contribution in [-0.2, 0) is 0 Å². The van der Waals surface area contributed by atoms with Crippen molar-refractivity contribution in [1.82, 2.24) is 10.2 Å². The Bertz CT molecular complexity index is 318. The van der Waals surface area contributed by atoms with Gasteiger partial charge in [-0.05, 0) is 44.1 Å². The fraction of sp³-hybridized carbons (Fsp3) is 1.00. The highest BCUT2D eigenvalue weighted by atomic mass is 19.4. The Morgan fingerprint density at radius 2 is 1.76 bits per heavy atom. The largest absolute Gasteiger partial charge is 0.390 e. The zero-order valence-electron chi connectivity index (χ0n) is 13.3. The van der Waals surface area contributed by atoms with Crippen LogP contribution in [0, 0.1) is 11.3 Å². The summed E-state index contributed by atoms with van der Waals surface area (Å²) in [4.78, 5) is 1.89. The van der Waals surface area contributed by atoms with E-state index in [0.717, 1.165) is 31.8 Å². The third kappa shape index (κ3) is 6.15. The van der Waals surface area contributed by atoms with Gasteiger partial charge in [0.2, 0.25) is 0 Å². The zero-order chi connectivity index (χ0) is 15.5. The van der Waals surface area contributed by atoms with Gasteiger partial charge >= 0.3 is 6.18 Å². The molecule has 0 heterocycles. The van der Waals surface area contributed by atoms with E-state index in [1.165, 1.54) is 25.7 Å². The summed E-state index contributed by atoms with van der Waals surface area (Å²) in [7, 11) is 1.84. The SMILES string of the molecule is CC1CCC(CNC2CC2)(CN(C)CCC(F)(F)F)CC1. The standard InChI is InChI=1S/C16H29F3N2/c1-13-5-7-15(8-6-13,11-20-14-3-4-14)12-21(2)10-9-16(17,18)19/h13-14,20H,3-12H2,1-2H3. The lowest BCUT2D eigenvalue weighted by atomic mass is 9.70. The number of nitrogens with zero attached hydrogens (tertiary/aromatic N) is 1. The highest BCUT2D eigenvalue weighted by Gasteiger charge is 2.37. The third-order valence-corrected chi connectivity index (χ3v) is 5.06. The molecule has 21 heavy (non-hydrogen) atoms. The monoisotopic (exact) mass is 306 g/mol. The van der Waals surface area contributed by atoms with Crippen molar-refractivity contribution in [3.05, 3.63) is 0 Å². The molecule has 2 rings (SSSR count). The molecule has 0 amide bonds. The summed E-state index contributed by atoms with van der Waals surface area (Å²) < 4.78 is 37.1. The highest BCUT2D eigenvalue weighted by molar-refractivity contribution is 4.92. The predicted molar refractivity (Wildman–Crippen MR) is 79.3 cm³/mol. The number of alkyl halides is 3. The van der Waals surface area contributed by atoms with Crippen molar-refractivity contribution in [2.24, 2.45) is 11.3 Å². The molecule has 0 aromatic carbocycles. The molecule has 0 unspecified atom stereocenters. The molecular weight excluding hydrogens is 277 g/mol. The average molecular weight is 306 g/mol. The van der Waals surface area contributed by atoms with Crippen molar-refractivity contribution < 1.29 is 13.2 Å².